The Morgan fingerprint density at radius 1 is 1.26 bits per heavy atom. The first-order valence-corrected chi connectivity index (χ1v) is 7.29. The first-order chi connectivity index (χ1) is 8.84. The number of alkyl halides is 3. The average Bonchev–Trinajstić information content (AvgIpc) is 2.33. The second-order valence-corrected chi connectivity index (χ2v) is 5.88. The number of halogens is 3. The fourth-order valence-electron chi connectivity index (χ4n) is 2.96. The van der Waals surface area contributed by atoms with Crippen LogP contribution < -0.4 is 5.32 Å². The molecule has 0 radical (unpaired) electrons. The Labute approximate surface area is 114 Å². The molecule has 0 aromatic heterocycles. The Morgan fingerprint density at radius 3 is 2.26 bits per heavy atom. The molecule has 112 valence electrons. The molecule has 4 heteroatoms. The van der Waals surface area contributed by atoms with Crippen LogP contribution in [0.5, 0.6) is 0 Å². The molecule has 0 amide bonds. The lowest BCUT2D eigenvalue weighted by molar-refractivity contribution is -0.184. The summed E-state index contributed by atoms with van der Waals surface area (Å²) in [6.07, 6.45) is -0.154. The zero-order valence-corrected chi connectivity index (χ0v) is 12.0. The molecule has 0 aromatic rings. The highest BCUT2D eigenvalue weighted by Crippen LogP contribution is 2.40. The summed E-state index contributed by atoms with van der Waals surface area (Å²) in [6, 6.07) is 0.298. The fourth-order valence-corrected chi connectivity index (χ4v) is 2.96. The van der Waals surface area contributed by atoms with Crippen molar-refractivity contribution in [2.45, 2.75) is 64.6 Å². The third kappa shape index (κ3) is 5.55. The predicted molar refractivity (Wildman–Crippen MR) is 73.0 cm³/mol. The van der Waals surface area contributed by atoms with Crippen molar-refractivity contribution in [3.8, 4) is 0 Å². The number of nitrogens with one attached hydrogen (secondary N) is 1. The molecule has 1 unspecified atom stereocenters. The van der Waals surface area contributed by atoms with Crippen LogP contribution in [0.1, 0.15) is 52.4 Å². The summed E-state index contributed by atoms with van der Waals surface area (Å²) in [4.78, 5) is 0. The van der Waals surface area contributed by atoms with Gasteiger partial charge in [0, 0.05) is 6.04 Å². The van der Waals surface area contributed by atoms with E-state index in [1.165, 1.54) is 0 Å². The van der Waals surface area contributed by atoms with Crippen molar-refractivity contribution >= 4 is 0 Å². The van der Waals surface area contributed by atoms with Gasteiger partial charge in [-0.2, -0.15) is 13.2 Å². The lowest BCUT2D eigenvalue weighted by atomic mass is 9.77. The number of hydrogen-bond donors (Lipinski definition) is 1. The minimum atomic E-state index is -4.01. The smallest absolute Gasteiger partial charge is 0.313 e. The molecule has 0 aliphatic heterocycles. The summed E-state index contributed by atoms with van der Waals surface area (Å²) in [5.74, 6) is -0.720. The zero-order chi connectivity index (χ0) is 14.5. The molecule has 0 spiro atoms. The van der Waals surface area contributed by atoms with E-state index in [2.05, 4.69) is 18.8 Å². The van der Waals surface area contributed by atoms with Crippen LogP contribution >= 0.6 is 0 Å². The molecule has 0 aromatic carbocycles. The SMILES string of the molecule is C=C(C)CC(NCCC)C1CCC(C(F)(F)F)CC1. The molecule has 0 saturated heterocycles. The summed E-state index contributed by atoms with van der Waals surface area (Å²) in [7, 11) is 0. The van der Waals surface area contributed by atoms with Gasteiger partial charge in [0.05, 0.1) is 5.92 Å². The molecule has 0 heterocycles. The highest BCUT2D eigenvalue weighted by atomic mass is 19.4. The van der Waals surface area contributed by atoms with Gasteiger partial charge in [0.2, 0.25) is 0 Å². The Kier molecular flexibility index (Phi) is 6.37. The zero-order valence-electron chi connectivity index (χ0n) is 12.0. The minimum absolute atomic E-state index is 0.286. The molecule has 1 aliphatic carbocycles. The maximum absolute atomic E-state index is 12.7. The normalized spacial score (nSPS) is 26.2. The highest BCUT2D eigenvalue weighted by Gasteiger charge is 2.42. The Morgan fingerprint density at radius 2 is 1.84 bits per heavy atom. The van der Waals surface area contributed by atoms with Gasteiger partial charge in [-0.25, -0.2) is 0 Å². The van der Waals surface area contributed by atoms with Gasteiger partial charge in [0.1, 0.15) is 0 Å². The molecule has 1 fully saturated rings. The van der Waals surface area contributed by atoms with Gasteiger partial charge in [0.25, 0.3) is 0 Å². The van der Waals surface area contributed by atoms with Gasteiger partial charge in [-0.3, -0.25) is 0 Å². The lowest BCUT2D eigenvalue weighted by Crippen LogP contribution is -2.40. The second kappa shape index (κ2) is 7.32. The maximum Gasteiger partial charge on any atom is 0.391 e. The summed E-state index contributed by atoms with van der Waals surface area (Å²) in [6.45, 7) is 8.95. The topological polar surface area (TPSA) is 12.0 Å². The molecule has 1 atom stereocenters. The molecular weight excluding hydrogens is 251 g/mol. The van der Waals surface area contributed by atoms with Crippen molar-refractivity contribution in [3.63, 3.8) is 0 Å². The van der Waals surface area contributed by atoms with Gasteiger partial charge >= 0.3 is 6.18 Å². The van der Waals surface area contributed by atoms with Crippen LogP contribution in [-0.2, 0) is 0 Å². The molecule has 1 saturated carbocycles. The quantitative estimate of drug-likeness (QED) is 0.694. The summed E-state index contributed by atoms with van der Waals surface area (Å²) < 4.78 is 38.0. The first kappa shape index (κ1) is 16.5. The van der Waals surface area contributed by atoms with Crippen molar-refractivity contribution in [1.82, 2.24) is 5.32 Å². The third-order valence-corrected chi connectivity index (χ3v) is 4.03. The molecule has 0 bridgehead atoms. The predicted octanol–water partition coefficient (Wildman–Crippen LogP) is 4.69. The maximum atomic E-state index is 12.7. The molecule has 1 rings (SSSR count). The van der Waals surface area contributed by atoms with Crippen LogP contribution in [0.4, 0.5) is 13.2 Å². The van der Waals surface area contributed by atoms with Crippen LogP contribution in [-0.4, -0.2) is 18.8 Å². The van der Waals surface area contributed by atoms with Crippen LogP contribution in [0.3, 0.4) is 0 Å². The lowest BCUT2D eigenvalue weighted by Gasteiger charge is -2.35. The van der Waals surface area contributed by atoms with E-state index in [1.54, 1.807) is 0 Å². The third-order valence-electron chi connectivity index (χ3n) is 4.03. The van der Waals surface area contributed by atoms with Gasteiger partial charge in [0.15, 0.2) is 0 Å². The van der Waals surface area contributed by atoms with Crippen molar-refractivity contribution < 1.29 is 13.2 Å². The van der Waals surface area contributed by atoms with Crippen LogP contribution in [0.25, 0.3) is 0 Å². The van der Waals surface area contributed by atoms with Crippen LogP contribution in [0.2, 0.25) is 0 Å². The van der Waals surface area contributed by atoms with E-state index in [9.17, 15) is 13.2 Å². The molecule has 1 aliphatic rings. The van der Waals surface area contributed by atoms with Gasteiger partial charge < -0.3 is 5.32 Å². The summed E-state index contributed by atoms with van der Waals surface area (Å²) in [5, 5.41) is 3.48. The van der Waals surface area contributed by atoms with Gasteiger partial charge in [-0.05, 0) is 57.9 Å². The van der Waals surface area contributed by atoms with Crippen molar-refractivity contribution in [3.05, 3.63) is 12.2 Å². The van der Waals surface area contributed by atoms with Crippen molar-refractivity contribution in [1.29, 1.82) is 0 Å². The minimum Gasteiger partial charge on any atom is -0.313 e. The van der Waals surface area contributed by atoms with Crippen molar-refractivity contribution in [2.24, 2.45) is 11.8 Å². The van der Waals surface area contributed by atoms with Crippen molar-refractivity contribution in [2.75, 3.05) is 6.54 Å². The largest absolute Gasteiger partial charge is 0.391 e. The summed E-state index contributed by atoms with van der Waals surface area (Å²) in [5.41, 5.74) is 1.10. The summed E-state index contributed by atoms with van der Waals surface area (Å²) >= 11 is 0. The van der Waals surface area contributed by atoms with E-state index < -0.39 is 12.1 Å². The molecular formula is C15H26F3N. The van der Waals surface area contributed by atoms with E-state index in [4.69, 9.17) is 0 Å². The highest BCUT2D eigenvalue weighted by molar-refractivity contribution is 4.96. The van der Waals surface area contributed by atoms with E-state index in [0.29, 0.717) is 24.8 Å². The van der Waals surface area contributed by atoms with E-state index in [-0.39, 0.29) is 12.8 Å². The average molecular weight is 277 g/mol. The molecule has 19 heavy (non-hydrogen) atoms. The monoisotopic (exact) mass is 277 g/mol. The van der Waals surface area contributed by atoms with Gasteiger partial charge in [-0.1, -0.05) is 12.5 Å². The van der Waals surface area contributed by atoms with E-state index in [1.807, 2.05) is 6.92 Å². The molecule has 1 nitrogen and oxygen atoms in total. The van der Waals surface area contributed by atoms with E-state index in [0.717, 1.165) is 25.0 Å². The first-order valence-electron chi connectivity index (χ1n) is 7.29. The standard InChI is InChI=1S/C15H26F3N/c1-4-9-19-14(10-11(2)3)12-5-7-13(8-6-12)15(16,17)18/h12-14,19H,2,4-10H2,1,3H3. The second-order valence-electron chi connectivity index (χ2n) is 5.88. The Bertz CT molecular complexity index is 278. The van der Waals surface area contributed by atoms with E-state index >= 15 is 0 Å². The van der Waals surface area contributed by atoms with Crippen LogP contribution in [0, 0.1) is 11.8 Å². The van der Waals surface area contributed by atoms with Crippen LogP contribution in [0.15, 0.2) is 12.2 Å². The van der Waals surface area contributed by atoms with Gasteiger partial charge in [-0.15, -0.1) is 6.58 Å². The molecule has 1 N–H and O–H groups in total. The Hall–Kier alpha value is -0.510. The number of rotatable bonds is 6. The fraction of sp³-hybridized carbons (Fsp3) is 0.867. The Balaban J connectivity index is 2.51. The number of hydrogen-bond acceptors (Lipinski definition) is 1.